The molecule has 1 N–H and O–H groups in total. The third-order valence-corrected chi connectivity index (χ3v) is 4.31. The van der Waals surface area contributed by atoms with Gasteiger partial charge >= 0.3 is 5.97 Å². The number of nitrogens with one attached hydrogen (secondary N) is 1. The van der Waals surface area contributed by atoms with Crippen molar-refractivity contribution in [3.05, 3.63) is 64.3 Å². The fourth-order valence-corrected chi connectivity index (χ4v) is 3.02. The van der Waals surface area contributed by atoms with Crippen molar-refractivity contribution < 1.29 is 9.53 Å². The highest BCUT2D eigenvalue weighted by Crippen LogP contribution is 2.35. The SMILES string of the molecule is CCOC(=O)C1=C(C)NC(c2nccn2C)=N[C@H]1c1ccccc1Cl. The Bertz CT molecular complexity index is 869. The summed E-state index contributed by atoms with van der Waals surface area (Å²) < 4.78 is 7.08. The van der Waals surface area contributed by atoms with Gasteiger partial charge in [-0.1, -0.05) is 29.8 Å². The summed E-state index contributed by atoms with van der Waals surface area (Å²) >= 11 is 6.37. The first-order valence-electron chi connectivity index (χ1n) is 7.97. The average molecular weight is 359 g/mol. The molecule has 0 fully saturated rings. The minimum Gasteiger partial charge on any atom is -0.463 e. The number of rotatable bonds is 4. The van der Waals surface area contributed by atoms with Gasteiger partial charge < -0.3 is 14.6 Å². The summed E-state index contributed by atoms with van der Waals surface area (Å²) in [5.74, 6) is 0.863. The topological polar surface area (TPSA) is 68.5 Å². The smallest absolute Gasteiger partial charge is 0.338 e. The molecule has 0 saturated heterocycles. The first-order valence-corrected chi connectivity index (χ1v) is 8.35. The Morgan fingerprint density at radius 1 is 1.40 bits per heavy atom. The van der Waals surface area contributed by atoms with Crippen LogP contribution >= 0.6 is 11.6 Å². The predicted molar refractivity (Wildman–Crippen MR) is 96.4 cm³/mol. The van der Waals surface area contributed by atoms with Crippen LogP contribution in [-0.4, -0.2) is 28.0 Å². The second-order valence-corrected chi connectivity index (χ2v) is 6.05. The van der Waals surface area contributed by atoms with Crippen molar-refractivity contribution in [2.75, 3.05) is 6.61 Å². The normalized spacial score (nSPS) is 17.1. The zero-order valence-electron chi connectivity index (χ0n) is 14.3. The van der Waals surface area contributed by atoms with Crippen LogP contribution < -0.4 is 5.32 Å². The van der Waals surface area contributed by atoms with Gasteiger partial charge in [0.1, 0.15) is 6.04 Å². The molecule has 2 aromatic rings. The minimum absolute atomic E-state index is 0.292. The van der Waals surface area contributed by atoms with Crippen LogP contribution in [0.1, 0.15) is 31.3 Å². The van der Waals surface area contributed by atoms with Gasteiger partial charge in [-0.15, -0.1) is 0 Å². The van der Waals surface area contributed by atoms with Crippen LogP contribution in [0.2, 0.25) is 5.02 Å². The number of aryl methyl sites for hydroxylation is 1. The number of aromatic nitrogens is 2. The van der Waals surface area contributed by atoms with E-state index in [0.29, 0.717) is 34.6 Å². The lowest BCUT2D eigenvalue weighted by Crippen LogP contribution is -2.34. The number of ether oxygens (including phenoxy) is 1. The van der Waals surface area contributed by atoms with E-state index in [2.05, 4.69) is 10.3 Å². The van der Waals surface area contributed by atoms with Crippen LogP contribution in [0.25, 0.3) is 0 Å². The molecule has 7 heteroatoms. The summed E-state index contributed by atoms with van der Waals surface area (Å²) in [6.07, 6.45) is 3.54. The Balaban J connectivity index is 2.12. The molecular weight excluding hydrogens is 340 g/mol. The Labute approximate surface area is 151 Å². The van der Waals surface area contributed by atoms with E-state index in [1.165, 1.54) is 0 Å². The van der Waals surface area contributed by atoms with Crippen molar-refractivity contribution in [3.63, 3.8) is 0 Å². The largest absolute Gasteiger partial charge is 0.463 e. The molecule has 1 atom stereocenters. The molecule has 1 aromatic heterocycles. The van der Waals surface area contributed by atoms with Gasteiger partial charge in [0.2, 0.25) is 0 Å². The Morgan fingerprint density at radius 3 is 2.80 bits per heavy atom. The van der Waals surface area contributed by atoms with E-state index in [4.69, 9.17) is 21.3 Å². The number of esters is 1. The summed E-state index contributed by atoms with van der Waals surface area (Å²) in [7, 11) is 1.89. The molecule has 6 nitrogen and oxygen atoms in total. The van der Waals surface area contributed by atoms with Gasteiger partial charge in [-0.05, 0) is 19.9 Å². The molecule has 1 aliphatic heterocycles. The van der Waals surface area contributed by atoms with E-state index in [0.717, 1.165) is 5.56 Å². The molecule has 0 amide bonds. The second kappa shape index (κ2) is 7.11. The maximum atomic E-state index is 12.5. The first kappa shape index (κ1) is 17.2. The second-order valence-electron chi connectivity index (χ2n) is 5.65. The number of nitrogens with zero attached hydrogens (tertiary/aromatic N) is 3. The molecular formula is C18H19ClN4O2. The van der Waals surface area contributed by atoms with Gasteiger partial charge in [-0.2, -0.15) is 0 Å². The molecule has 25 heavy (non-hydrogen) atoms. The summed E-state index contributed by atoms with van der Waals surface area (Å²) in [4.78, 5) is 21.6. The fourth-order valence-electron chi connectivity index (χ4n) is 2.78. The lowest BCUT2D eigenvalue weighted by Gasteiger charge is -2.26. The van der Waals surface area contributed by atoms with Gasteiger partial charge in [-0.3, -0.25) is 4.99 Å². The van der Waals surface area contributed by atoms with Crippen molar-refractivity contribution in [2.24, 2.45) is 12.0 Å². The van der Waals surface area contributed by atoms with Crippen LogP contribution in [0.4, 0.5) is 0 Å². The average Bonchev–Trinajstić information content (AvgIpc) is 3.00. The van der Waals surface area contributed by atoms with Gasteiger partial charge in [0.05, 0.1) is 12.2 Å². The van der Waals surface area contributed by atoms with Crippen LogP contribution in [0.5, 0.6) is 0 Å². The first-order chi connectivity index (χ1) is 12.0. The zero-order valence-corrected chi connectivity index (χ0v) is 15.0. The lowest BCUT2D eigenvalue weighted by atomic mass is 9.96. The molecule has 0 radical (unpaired) electrons. The molecule has 0 aliphatic carbocycles. The minimum atomic E-state index is -0.555. The summed E-state index contributed by atoms with van der Waals surface area (Å²) in [6, 6.07) is 6.81. The highest BCUT2D eigenvalue weighted by atomic mass is 35.5. The monoisotopic (exact) mass is 358 g/mol. The molecule has 0 spiro atoms. The van der Waals surface area contributed by atoms with Gasteiger partial charge in [-0.25, -0.2) is 9.78 Å². The van der Waals surface area contributed by atoms with E-state index < -0.39 is 12.0 Å². The highest BCUT2D eigenvalue weighted by Gasteiger charge is 2.32. The molecule has 0 unspecified atom stereocenters. The molecule has 3 rings (SSSR count). The Kier molecular flexibility index (Phi) is 4.90. The molecule has 0 bridgehead atoms. The number of imidazole rings is 1. The number of hydrogen-bond acceptors (Lipinski definition) is 5. The van der Waals surface area contributed by atoms with Gasteiger partial charge in [0.15, 0.2) is 11.7 Å². The highest BCUT2D eigenvalue weighted by molar-refractivity contribution is 6.31. The quantitative estimate of drug-likeness (QED) is 0.853. The molecule has 1 aromatic carbocycles. The molecule has 2 heterocycles. The predicted octanol–water partition coefficient (Wildman–Crippen LogP) is 3.00. The van der Waals surface area contributed by atoms with E-state index in [-0.39, 0.29) is 0 Å². The third-order valence-electron chi connectivity index (χ3n) is 3.97. The maximum Gasteiger partial charge on any atom is 0.338 e. The van der Waals surface area contributed by atoms with Crippen LogP contribution in [0.15, 0.2) is 52.9 Å². The van der Waals surface area contributed by atoms with Crippen molar-refractivity contribution in [1.82, 2.24) is 14.9 Å². The van der Waals surface area contributed by atoms with E-state index in [1.54, 1.807) is 19.2 Å². The number of allylic oxidation sites excluding steroid dienone is 1. The van der Waals surface area contributed by atoms with E-state index in [1.807, 2.05) is 42.9 Å². The molecule has 0 saturated carbocycles. The number of aliphatic imine (C=N–C) groups is 1. The van der Waals surface area contributed by atoms with E-state index >= 15 is 0 Å². The summed E-state index contributed by atoms with van der Waals surface area (Å²) in [5, 5.41) is 3.72. The van der Waals surface area contributed by atoms with Crippen LogP contribution in [0.3, 0.4) is 0 Å². The van der Waals surface area contributed by atoms with Gasteiger partial charge in [0, 0.05) is 35.7 Å². The molecule has 1 aliphatic rings. The number of carbonyl (C=O) groups excluding carboxylic acids is 1. The van der Waals surface area contributed by atoms with Crippen molar-refractivity contribution in [1.29, 1.82) is 0 Å². The fraction of sp³-hybridized carbons (Fsp3) is 0.278. The number of carbonyl (C=O) groups is 1. The number of amidine groups is 1. The van der Waals surface area contributed by atoms with E-state index in [9.17, 15) is 4.79 Å². The Morgan fingerprint density at radius 2 is 2.16 bits per heavy atom. The van der Waals surface area contributed by atoms with Crippen LogP contribution in [-0.2, 0) is 16.6 Å². The number of benzene rings is 1. The van der Waals surface area contributed by atoms with Crippen LogP contribution in [0, 0.1) is 0 Å². The number of hydrogen-bond donors (Lipinski definition) is 1. The Hall–Kier alpha value is -2.60. The van der Waals surface area contributed by atoms with Crippen molar-refractivity contribution in [2.45, 2.75) is 19.9 Å². The molecule has 130 valence electrons. The lowest BCUT2D eigenvalue weighted by molar-refractivity contribution is -0.138. The zero-order chi connectivity index (χ0) is 18.0. The summed E-state index contributed by atoms with van der Waals surface area (Å²) in [5.41, 5.74) is 1.88. The van der Waals surface area contributed by atoms with Crippen molar-refractivity contribution in [3.8, 4) is 0 Å². The maximum absolute atomic E-state index is 12.5. The standard InChI is InChI=1S/C18H19ClN4O2/c1-4-25-18(24)14-11(2)21-16(17-20-9-10-23(17)3)22-15(14)12-7-5-6-8-13(12)19/h5-10,15H,4H2,1-3H3,(H,21,22)/t15-/m0/s1. The summed E-state index contributed by atoms with van der Waals surface area (Å²) in [6.45, 7) is 3.89. The third kappa shape index (κ3) is 3.30. The van der Waals surface area contributed by atoms with Gasteiger partial charge in [0.25, 0.3) is 0 Å². The number of halogens is 1. The van der Waals surface area contributed by atoms with Crippen molar-refractivity contribution >= 4 is 23.4 Å².